The van der Waals surface area contributed by atoms with Crippen molar-refractivity contribution in [2.24, 2.45) is 5.92 Å². The number of hydrogen-bond acceptors (Lipinski definition) is 4. The fraction of sp³-hybridized carbons (Fsp3) is 0.714. The molecule has 2 heterocycles. The molecule has 0 radical (unpaired) electrons. The lowest BCUT2D eigenvalue weighted by atomic mass is 10.1. The summed E-state index contributed by atoms with van der Waals surface area (Å²) < 4.78 is 0. The Morgan fingerprint density at radius 2 is 2.40 bits per heavy atom. The van der Waals surface area contributed by atoms with E-state index < -0.39 is 0 Å². The summed E-state index contributed by atoms with van der Waals surface area (Å²) in [6.07, 6.45) is 5.67. The number of nitrogens with zero attached hydrogens (tertiary/aromatic N) is 3. The minimum Gasteiger partial charge on any atom is -0.347 e. The lowest BCUT2D eigenvalue weighted by Gasteiger charge is -2.40. The maximum atomic E-state index is 12.5. The van der Waals surface area contributed by atoms with Crippen LogP contribution in [0.1, 0.15) is 25.7 Å². The number of hydrogen-bond donors (Lipinski definition) is 1. The standard InChI is InChI=1S/C14H24N4OS/c1-4-17-7-8-18(14(19)11(2)10-20-3)9-12(17)13-15-5-6-16-13/h5-6,11-12H,4,7-10H2,1-3H3,(H,15,16)/t11-,12-/m0/s1. The first-order valence-electron chi connectivity index (χ1n) is 7.18. The number of rotatable bonds is 5. The molecule has 0 spiro atoms. The summed E-state index contributed by atoms with van der Waals surface area (Å²) in [7, 11) is 0. The summed E-state index contributed by atoms with van der Waals surface area (Å²) in [4.78, 5) is 24.4. The van der Waals surface area contributed by atoms with Crippen molar-refractivity contribution in [2.75, 3.05) is 38.2 Å². The van der Waals surface area contributed by atoms with Gasteiger partial charge < -0.3 is 9.88 Å². The van der Waals surface area contributed by atoms with Gasteiger partial charge in [0, 0.05) is 43.7 Å². The van der Waals surface area contributed by atoms with Gasteiger partial charge in [-0.15, -0.1) is 0 Å². The Morgan fingerprint density at radius 1 is 1.60 bits per heavy atom. The second kappa shape index (κ2) is 7.13. The van der Waals surface area contributed by atoms with Gasteiger partial charge in [0.15, 0.2) is 0 Å². The van der Waals surface area contributed by atoms with E-state index in [4.69, 9.17) is 0 Å². The second-order valence-corrected chi connectivity index (χ2v) is 6.17. The number of H-pyrrole nitrogens is 1. The van der Waals surface area contributed by atoms with Crippen LogP contribution in [0.5, 0.6) is 0 Å². The highest BCUT2D eigenvalue weighted by Crippen LogP contribution is 2.23. The highest BCUT2D eigenvalue weighted by atomic mass is 32.2. The Kier molecular flexibility index (Phi) is 5.48. The van der Waals surface area contributed by atoms with Gasteiger partial charge in [0.25, 0.3) is 0 Å². The van der Waals surface area contributed by atoms with Crippen molar-refractivity contribution < 1.29 is 4.79 Å². The van der Waals surface area contributed by atoms with Crippen LogP contribution in [0.3, 0.4) is 0 Å². The molecule has 1 amide bonds. The molecule has 2 atom stereocenters. The number of carbonyl (C=O) groups is 1. The van der Waals surface area contributed by atoms with Crippen molar-refractivity contribution in [2.45, 2.75) is 19.9 Å². The van der Waals surface area contributed by atoms with Crippen LogP contribution >= 0.6 is 11.8 Å². The molecule has 1 saturated heterocycles. The summed E-state index contributed by atoms with van der Waals surface area (Å²) in [5.74, 6) is 2.21. The van der Waals surface area contributed by atoms with Crippen LogP contribution in [0.4, 0.5) is 0 Å². The number of nitrogens with one attached hydrogen (secondary N) is 1. The molecule has 0 aromatic carbocycles. The molecule has 20 heavy (non-hydrogen) atoms. The number of aromatic nitrogens is 2. The fourth-order valence-electron chi connectivity index (χ4n) is 2.75. The highest BCUT2D eigenvalue weighted by molar-refractivity contribution is 7.98. The largest absolute Gasteiger partial charge is 0.347 e. The molecule has 0 unspecified atom stereocenters. The van der Waals surface area contributed by atoms with E-state index in [1.807, 2.05) is 24.3 Å². The summed E-state index contributed by atoms with van der Waals surface area (Å²) in [6.45, 7) is 7.63. The number of likely N-dealkylation sites (N-methyl/N-ethyl adjacent to an activating group) is 1. The van der Waals surface area contributed by atoms with Crippen LogP contribution in [0.2, 0.25) is 0 Å². The third-order valence-electron chi connectivity index (χ3n) is 3.88. The van der Waals surface area contributed by atoms with E-state index in [9.17, 15) is 4.79 Å². The number of carbonyl (C=O) groups excluding carboxylic acids is 1. The molecule has 1 aromatic rings. The van der Waals surface area contributed by atoms with Crippen LogP contribution in [0.25, 0.3) is 0 Å². The highest BCUT2D eigenvalue weighted by Gasteiger charge is 2.32. The van der Waals surface area contributed by atoms with E-state index in [1.165, 1.54) is 0 Å². The zero-order valence-electron chi connectivity index (χ0n) is 12.5. The van der Waals surface area contributed by atoms with Gasteiger partial charge in [-0.25, -0.2) is 4.98 Å². The number of aromatic amines is 1. The second-order valence-electron chi connectivity index (χ2n) is 5.26. The smallest absolute Gasteiger partial charge is 0.226 e. The van der Waals surface area contributed by atoms with Crippen LogP contribution in [-0.4, -0.2) is 63.9 Å². The molecule has 0 bridgehead atoms. The van der Waals surface area contributed by atoms with E-state index in [0.717, 1.165) is 37.8 Å². The molecule has 2 rings (SSSR count). The molecule has 1 N–H and O–H groups in total. The molecule has 1 fully saturated rings. The maximum absolute atomic E-state index is 12.5. The van der Waals surface area contributed by atoms with Crippen LogP contribution in [0.15, 0.2) is 12.4 Å². The molecular formula is C14H24N4OS. The molecule has 5 nitrogen and oxygen atoms in total. The van der Waals surface area contributed by atoms with Gasteiger partial charge in [-0.3, -0.25) is 9.69 Å². The summed E-state index contributed by atoms with van der Waals surface area (Å²) in [5.41, 5.74) is 0. The van der Waals surface area contributed by atoms with E-state index in [-0.39, 0.29) is 17.9 Å². The van der Waals surface area contributed by atoms with Gasteiger partial charge in [-0.2, -0.15) is 11.8 Å². The minimum absolute atomic E-state index is 0.0930. The Labute approximate surface area is 125 Å². The molecule has 6 heteroatoms. The van der Waals surface area contributed by atoms with Crippen molar-refractivity contribution in [3.05, 3.63) is 18.2 Å². The summed E-state index contributed by atoms with van der Waals surface area (Å²) in [5, 5.41) is 0. The van der Waals surface area contributed by atoms with Crippen molar-refractivity contribution in [1.82, 2.24) is 19.8 Å². The van der Waals surface area contributed by atoms with Gasteiger partial charge in [0.05, 0.1) is 6.04 Å². The fourth-order valence-corrected chi connectivity index (χ4v) is 3.39. The zero-order chi connectivity index (χ0) is 14.5. The first-order valence-corrected chi connectivity index (χ1v) is 8.57. The SMILES string of the molecule is CCN1CCN(C(=O)[C@@H](C)CSC)C[C@H]1c1ncc[nH]1. The van der Waals surface area contributed by atoms with Gasteiger partial charge >= 0.3 is 0 Å². The van der Waals surface area contributed by atoms with E-state index >= 15 is 0 Å². The number of amides is 1. The number of thioether (sulfide) groups is 1. The monoisotopic (exact) mass is 296 g/mol. The van der Waals surface area contributed by atoms with Crippen molar-refractivity contribution in [1.29, 1.82) is 0 Å². The lowest BCUT2D eigenvalue weighted by molar-refractivity contribution is -0.137. The molecule has 112 valence electrons. The first kappa shape index (κ1) is 15.4. The zero-order valence-corrected chi connectivity index (χ0v) is 13.3. The van der Waals surface area contributed by atoms with Crippen LogP contribution in [-0.2, 0) is 4.79 Å². The lowest BCUT2D eigenvalue weighted by Crippen LogP contribution is -2.52. The van der Waals surface area contributed by atoms with E-state index in [2.05, 4.69) is 21.8 Å². The van der Waals surface area contributed by atoms with E-state index in [0.29, 0.717) is 0 Å². The van der Waals surface area contributed by atoms with Crippen molar-refractivity contribution in [3.63, 3.8) is 0 Å². The van der Waals surface area contributed by atoms with Crippen molar-refractivity contribution in [3.8, 4) is 0 Å². The number of piperazine rings is 1. The predicted molar refractivity (Wildman–Crippen MR) is 82.7 cm³/mol. The third-order valence-corrected chi connectivity index (χ3v) is 4.72. The molecule has 1 aliphatic rings. The first-order chi connectivity index (χ1) is 9.67. The molecule has 0 saturated carbocycles. The molecule has 1 aromatic heterocycles. The molecule has 0 aliphatic carbocycles. The Morgan fingerprint density at radius 3 is 3.00 bits per heavy atom. The average molecular weight is 296 g/mol. The van der Waals surface area contributed by atoms with Crippen LogP contribution in [0, 0.1) is 5.92 Å². The topological polar surface area (TPSA) is 52.2 Å². The van der Waals surface area contributed by atoms with Crippen molar-refractivity contribution >= 4 is 17.7 Å². The molecule has 1 aliphatic heterocycles. The normalized spacial score (nSPS) is 21.9. The Hall–Kier alpha value is -1.01. The third kappa shape index (κ3) is 3.35. The van der Waals surface area contributed by atoms with Gasteiger partial charge in [-0.1, -0.05) is 13.8 Å². The maximum Gasteiger partial charge on any atom is 0.226 e. The Bertz CT molecular complexity index is 423. The van der Waals surface area contributed by atoms with Crippen LogP contribution < -0.4 is 0 Å². The van der Waals surface area contributed by atoms with Gasteiger partial charge in [0.2, 0.25) is 5.91 Å². The Balaban J connectivity index is 2.06. The average Bonchev–Trinajstić information content (AvgIpc) is 3.00. The minimum atomic E-state index is 0.0930. The number of imidazole rings is 1. The summed E-state index contributed by atoms with van der Waals surface area (Å²) >= 11 is 1.73. The predicted octanol–water partition coefficient (Wildman–Crippen LogP) is 1.61. The molecular weight excluding hydrogens is 272 g/mol. The quantitative estimate of drug-likeness (QED) is 0.897. The van der Waals surface area contributed by atoms with E-state index in [1.54, 1.807) is 18.0 Å². The van der Waals surface area contributed by atoms with Gasteiger partial charge in [-0.05, 0) is 12.8 Å². The van der Waals surface area contributed by atoms with Gasteiger partial charge in [0.1, 0.15) is 5.82 Å². The summed E-state index contributed by atoms with van der Waals surface area (Å²) in [6, 6.07) is 0.189.